The van der Waals surface area contributed by atoms with Crippen molar-refractivity contribution in [2.45, 2.75) is 20.0 Å². The minimum absolute atomic E-state index is 0.145. The summed E-state index contributed by atoms with van der Waals surface area (Å²) < 4.78 is 3.42. The third-order valence-electron chi connectivity index (χ3n) is 5.88. The number of rotatable bonds is 6. The molecule has 5 aromatic rings. The summed E-state index contributed by atoms with van der Waals surface area (Å²) in [5.74, 6) is -0.443. The van der Waals surface area contributed by atoms with E-state index < -0.39 is 0 Å². The zero-order valence-corrected chi connectivity index (χ0v) is 21.1. The Hall–Kier alpha value is -3.94. The fourth-order valence-electron chi connectivity index (χ4n) is 4.08. The summed E-state index contributed by atoms with van der Waals surface area (Å²) in [7, 11) is 1.86. The molecule has 0 atom stereocenters. The lowest BCUT2D eigenvalue weighted by atomic mass is 10.2. The van der Waals surface area contributed by atoms with Gasteiger partial charge in [0.25, 0.3) is 5.91 Å². The van der Waals surface area contributed by atoms with Crippen molar-refractivity contribution >= 4 is 50.7 Å². The normalized spacial score (nSPS) is 13.3. The van der Waals surface area contributed by atoms with E-state index in [9.17, 15) is 9.59 Å². The topological polar surface area (TPSA) is 122 Å². The molecule has 5 aromatic heterocycles. The molecule has 0 spiro atoms. The van der Waals surface area contributed by atoms with Gasteiger partial charge in [0.05, 0.1) is 63.8 Å². The van der Waals surface area contributed by atoms with Gasteiger partial charge in [-0.05, 0) is 13.0 Å². The van der Waals surface area contributed by atoms with Gasteiger partial charge in [-0.2, -0.15) is 10.2 Å². The summed E-state index contributed by atoms with van der Waals surface area (Å²) in [5, 5.41) is 14.3. The molecule has 6 rings (SSSR count). The molecule has 0 saturated heterocycles. The van der Waals surface area contributed by atoms with Gasteiger partial charge in [-0.1, -0.05) is 0 Å². The monoisotopic (exact) mass is 519 g/mol. The molecule has 36 heavy (non-hydrogen) atoms. The number of amides is 2. The Morgan fingerprint density at radius 3 is 2.78 bits per heavy atom. The second kappa shape index (κ2) is 8.93. The van der Waals surface area contributed by atoms with Gasteiger partial charge in [-0.15, -0.1) is 22.7 Å². The molecule has 1 aliphatic heterocycles. The molecule has 11 nitrogen and oxygen atoms in total. The lowest BCUT2D eigenvalue weighted by Crippen LogP contribution is -2.29. The number of anilines is 2. The predicted octanol–water partition coefficient (Wildman–Crippen LogP) is 3.16. The van der Waals surface area contributed by atoms with E-state index in [1.165, 1.54) is 16.2 Å². The number of hydrogen-bond donors (Lipinski definition) is 2. The average molecular weight is 520 g/mol. The molecule has 0 saturated carbocycles. The SMILES string of the molecule is Cc1ncc(NC(=O)CN2Cc3ncsc3C2)cc1NC(=O)c1cnn2cc(-c3cnn(C)c3)sc12. The first-order valence-electron chi connectivity index (χ1n) is 11.1. The number of fused-ring (bicyclic) bond motifs is 2. The first kappa shape index (κ1) is 22.5. The fraction of sp³-hybridized carbons (Fsp3) is 0.217. The van der Waals surface area contributed by atoms with E-state index in [1.807, 2.05) is 29.9 Å². The minimum atomic E-state index is -0.298. The van der Waals surface area contributed by atoms with Crippen LogP contribution in [0.25, 0.3) is 15.3 Å². The van der Waals surface area contributed by atoms with E-state index in [2.05, 4.69) is 30.8 Å². The summed E-state index contributed by atoms with van der Waals surface area (Å²) in [4.78, 5) is 39.4. The molecule has 2 amide bonds. The van der Waals surface area contributed by atoms with E-state index in [4.69, 9.17) is 0 Å². The number of pyridine rings is 1. The second-order valence-corrected chi connectivity index (χ2v) is 10.5. The Morgan fingerprint density at radius 1 is 1.08 bits per heavy atom. The summed E-state index contributed by atoms with van der Waals surface area (Å²) >= 11 is 3.08. The first-order valence-corrected chi connectivity index (χ1v) is 12.8. The van der Waals surface area contributed by atoms with Crippen molar-refractivity contribution in [3.8, 4) is 10.4 Å². The first-order chi connectivity index (χ1) is 17.4. The Morgan fingerprint density at radius 2 is 1.97 bits per heavy atom. The molecular weight excluding hydrogens is 498 g/mol. The van der Waals surface area contributed by atoms with Crippen LogP contribution in [0.3, 0.4) is 0 Å². The van der Waals surface area contributed by atoms with Crippen molar-refractivity contribution < 1.29 is 9.59 Å². The quantitative estimate of drug-likeness (QED) is 0.353. The molecule has 182 valence electrons. The lowest BCUT2D eigenvalue weighted by molar-refractivity contribution is -0.117. The summed E-state index contributed by atoms with van der Waals surface area (Å²) in [6, 6.07) is 1.72. The molecule has 0 aromatic carbocycles. The number of thiazole rings is 2. The van der Waals surface area contributed by atoms with Crippen molar-refractivity contribution in [3.05, 3.63) is 64.4 Å². The molecule has 0 fully saturated rings. The third kappa shape index (κ3) is 4.27. The van der Waals surface area contributed by atoms with Crippen LogP contribution in [-0.2, 0) is 24.9 Å². The van der Waals surface area contributed by atoms with Crippen LogP contribution in [0.4, 0.5) is 11.4 Å². The van der Waals surface area contributed by atoms with Crippen LogP contribution in [0.1, 0.15) is 26.6 Å². The molecule has 0 bridgehead atoms. The van der Waals surface area contributed by atoms with Crippen LogP contribution in [-0.4, -0.2) is 52.6 Å². The van der Waals surface area contributed by atoms with Crippen LogP contribution in [0, 0.1) is 6.92 Å². The van der Waals surface area contributed by atoms with Gasteiger partial charge in [-0.3, -0.25) is 24.2 Å². The number of nitrogens with zero attached hydrogens (tertiary/aromatic N) is 7. The Kier molecular flexibility index (Phi) is 5.59. The van der Waals surface area contributed by atoms with Gasteiger partial charge >= 0.3 is 0 Å². The predicted molar refractivity (Wildman–Crippen MR) is 137 cm³/mol. The number of carbonyl (C=O) groups excluding carboxylic acids is 2. The fourth-order valence-corrected chi connectivity index (χ4v) is 5.93. The van der Waals surface area contributed by atoms with Crippen LogP contribution in [0.15, 0.2) is 42.6 Å². The smallest absolute Gasteiger partial charge is 0.260 e. The van der Waals surface area contributed by atoms with E-state index in [-0.39, 0.29) is 18.4 Å². The van der Waals surface area contributed by atoms with Gasteiger partial charge in [0.1, 0.15) is 4.83 Å². The summed E-state index contributed by atoms with van der Waals surface area (Å²) in [5.41, 5.74) is 5.98. The Bertz CT molecular complexity index is 1590. The Balaban J connectivity index is 1.15. The highest BCUT2D eigenvalue weighted by molar-refractivity contribution is 7.21. The van der Waals surface area contributed by atoms with Gasteiger partial charge in [0.15, 0.2) is 0 Å². The number of hydrogen-bond acceptors (Lipinski definition) is 9. The second-order valence-electron chi connectivity index (χ2n) is 8.53. The van der Waals surface area contributed by atoms with Crippen molar-refractivity contribution in [3.63, 3.8) is 0 Å². The largest absolute Gasteiger partial charge is 0.324 e. The molecule has 0 unspecified atom stereocenters. The highest BCUT2D eigenvalue weighted by Gasteiger charge is 2.23. The highest BCUT2D eigenvalue weighted by atomic mass is 32.1. The van der Waals surface area contributed by atoms with E-state index in [0.717, 1.165) is 27.5 Å². The molecule has 0 aliphatic carbocycles. The van der Waals surface area contributed by atoms with Crippen molar-refractivity contribution in [1.29, 1.82) is 0 Å². The number of aryl methyl sites for hydroxylation is 2. The average Bonchev–Trinajstić information content (AvgIpc) is 3.62. The molecule has 0 radical (unpaired) electrons. The van der Waals surface area contributed by atoms with Crippen molar-refractivity contribution in [2.24, 2.45) is 7.05 Å². The van der Waals surface area contributed by atoms with Gasteiger partial charge in [-0.25, -0.2) is 9.50 Å². The zero-order chi connectivity index (χ0) is 24.8. The third-order valence-corrected chi connectivity index (χ3v) is 7.90. The maximum absolute atomic E-state index is 13.1. The minimum Gasteiger partial charge on any atom is -0.324 e. The standard InChI is InChI=1S/C23H21N9O2S2/c1-13-17(3-15(5-24-13)28-21(33)11-31-8-18-20(9-31)35-12-25-18)29-22(34)16-6-27-32-10-19(36-23(16)32)14-4-26-30(2)7-14/h3-7,10,12H,8-9,11H2,1-2H3,(H,28,33)(H,29,34). The van der Waals surface area contributed by atoms with Crippen LogP contribution in [0.5, 0.6) is 0 Å². The van der Waals surface area contributed by atoms with Crippen molar-refractivity contribution in [1.82, 2.24) is 34.3 Å². The van der Waals surface area contributed by atoms with Crippen molar-refractivity contribution in [2.75, 3.05) is 17.2 Å². The van der Waals surface area contributed by atoms with Gasteiger partial charge in [0, 0.05) is 43.0 Å². The molecule has 13 heteroatoms. The van der Waals surface area contributed by atoms with Crippen LogP contribution < -0.4 is 10.6 Å². The van der Waals surface area contributed by atoms with E-state index >= 15 is 0 Å². The maximum atomic E-state index is 13.1. The zero-order valence-electron chi connectivity index (χ0n) is 19.4. The molecule has 1 aliphatic rings. The van der Waals surface area contributed by atoms with Crippen LogP contribution in [0.2, 0.25) is 0 Å². The number of aromatic nitrogens is 6. The molecule has 6 heterocycles. The molecular formula is C23H21N9O2S2. The van der Waals surface area contributed by atoms with E-state index in [1.54, 1.807) is 52.1 Å². The van der Waals surface area contributed by atoms with Crippen LogP contribution >= 0.6 is 22.7 Å². The number of nitrogens with one attached hydrogen (secondary N) is 2. The number of carbonyl (C=O) groups is 2. The Labute approximate surface area is 213 Å². The lowest BCUT2D eigenvalue weighted by Gasteiger charge is -2.15. The van der Waals surface area contributed by atoms with Gasteiger partial charge in [0.2, 0.25) is 5.91 Å². The van der Waals surface area contributed by atoms with Gasteiger partial charge < -0.3 is 10.6 Å². The highest BCUT2D eigenvalue weighted by Crippen LogP contribution is 2.31. The molecule has 2 N–H and O–H groups in total. The maximum Gasteiger partial charge on any atom is 0.260 e. The summed E-state index contributed by atoms with van der Waals surface area (Å²) in [6.45, 7) is 3.46. The summed E-state index contributed by atoms with van der Waals surface area (Å²) in [6.07, 6.45) is 8.71. The van der Waals surface area contributed by atoms with E-state index in [0.29, 0.717) is 29.2 Å².